The number of carbonyl (C=O) groups excluding carboxylic acids is 1. The van der Waals surface area contributed by atoms with E-state index in [9.17, 15) is 14.3 Å². The van der Waals surface area contributed by atoms with Gasteiger partial charge in [-0.3, -0.25) is 9.89 Å². The second-order valence-corrected chi connectivity index (χ2v) is 10.7. The maximum Gasteiger partial charge on any atom is 0.273 e. The van der Waals surface area contributed by atoms with Crippen molar-refractivity contribution in [1.29, 1.82) is 0 Å². The minimum absolute atomic E-state index is 0.0196. The molecule has 0 saturated carbocycles. The monoisotopic (exact) mass is 503 g/mol. The number of H-pyrrole nitrogens is 1. The Kier molecular flexibility index (Phi) is 5.87. The summed E-state index contributed by atoms with van der Waals surface area (Å²) < 4.78 is 13.5. The Labute approximate surface area is 214 Å². The molecule has 5 nitrogen and oxygen atoms in total. The molecule has 0 radical (unpaired) electrons. The summed E-state index contributed by atoms with van der Waals surface area (Å²) in [7, 11) is 0. The van der Waals surface area contributed by atoms with Gasteiger partial charge in [0.1, 0.15) is 23.0 Å². The van der Waals surface area contributed by atoms with Gasteiger partial charge in [-0.25, -0.2) is 4.39 Å². The summed E-state index contributed by atoms with van der Waals surface area (Å²) >= 11 is 6.39. The fraction of sp³-hybridized carbons (Fsp3) is 0.241. The third kappa shape index (κ3) is 4.16. The highest BCUT2D eigenvalue weighted by molar-refractivity contribution is 6.31. The molecule has 1 aliphatic heterocycles. The number of halogens is 2. The van der Waals surface area contributed by atoms with E-state index in [0.717, 1.165) is 16.7 Å². The number of benzene rings is 3. The molecule has 0 bridgehead atoms. The van der Waals surface area contributed by atoms with Gasteiger partial charge in [0.25, 0.3) is 5.91 Å². The third-order valence-corrected chi connectivity index (χ3v) is 7.16. The van der Waals surface area contributed by atoms with Crippen LogP contribution < -0.4 is 0 Å². The highest BCUT2D eigenvalue weighted by atomic mass is 35.5. The summed E-state index contributed by atoms with van der Waals surface area (Å²) in [6.07, 6.45) is 0. The maximum atomic E-state index is 13.6. The number of phenols is 1. The molecule has 1 aromatic heterocycles. The van der Waals surface area contributed by atoms with Gasteiger partial charge in [0.05, 0.1) is 6.04 Å². The number of hydrogen-bond acceptors (Lipinski definition) is 3. The largest absolute Gasteiger partial charge is 0.507 e. The first-order valence-electron chi connectivity index (χ1n) is 11.8. The quantitative estimate of drug-likeness (QED) is 0.317. The van der Waals surface area contributed by atoms with Crippen LogP contribution >= 0.6 is 11.6 Å². The summed E-state index contributed by atoms with van der Waals surface area (Å²) in [5.74, 6) is -0.502. The highest BCUT2D eigenvalue weighted by Crippen LogP contribution is 2.46. The number of amides is 1. The average Bonchev–Trinajstić information content (AvgIpc) is 3.36. The van der Waals surface area contributed by atoms with Crippen molar-refractivity contribution in [2.75, 3.05) is 0 Å². The predicted octanol–water partition coefficient (Wildman–Crippen LogP) is 6.93. The van der Waals surface area contributed by atoms with Crippen LogP contribution in [0.1, 0.15) is 65.1 Å². The van der Waals surface area contributed by atoms with Crippen LogP contribution in [0.3, 0.4) is 0 Å². The van der Waals surface area contributed by atoms with Crippen LogP contribution in [0.5, 0.6) is 5.75 Å². The van der Waals surface area contributed by atoms with Gasteiger partial charge >= 0.3 is 0 Å². The zero-order valence-electron chi connectivity index (χ0n) is 20.6. The Bertz CT molecular complexity index is 1450. The van der Waals surface area contributed by atoms with Crippen LogP contribution in [0.2, 0.25) is 5.02 Å². The summed E-state index contributed by atoms with van der Waals surface area (Å²) in [6, 6.07) is 17.2. The molecule has 1 aliphatic rings. The Morgan fingerprint density at radius 1 is 1.08 bits per heavy atom. The second kappa shape index (κ2) is 8.79. The lowest BCUT2D eigenvalue weighted by molar-refractivity contribution is 0.0730. The van der Waals surface area contributed by atoms with E-state index in [4.69, 9.17) is 11.6 Å². The Balaban J connectivity index is 1.66. The fourth-order valence-electron chi connectivity index (χ4n) is 4.72. The zero-order chi connectivity index (χ0) is 25.8. The summed E-state index contributed by atoms with van der Waals surface area (Å²) in [6.45, 7) is 8.55. The molecule has 0 fully saturated rings. The van der Waals surface area contributed by atoms with Crippen molar-refractivity contribution in [1.82, 2.24) is 15.1 Å². The summed E-state index contributed by atoms with van der Waals surface area (Å²) in [5.41, 5.74) is 5.60. The maximum absolute atomic E-state index is 13.6. The van der Waals surface area contributed by atoms with Crippen molar-refractivity contribution >= 4 is 17.5 Å². The SMILES string of the molecule is Cc1cc(O)c(-c2n[nH]c3c2C(c2ccc(C(C)(C)C)cc2)N(Cc2ccc(F)cc2)C3=O)cc1Cl. The molecule has 36 heavy (non-hydrogen) atoms. The van der Waals surface area contributed by atoms with E-state index in [1.807, 2.05) is 19.1 Å². The number of hydrogen-bond donors (Lipinski definition) is 2. The smallest absolute Gasteiger partial charge is 0.273 e. The van der Waals surface area contributed by atoms with Gasteiger partial charge in [0.15, 0.2) is 0 Å². The van der Waals surface area contributed by atoms with E-state index in [1.54, 1.807) is 29.2 Å². The third-order valence-electron chi connectivity index (χ3n) is 6.75. The van der Waals surface area contributed by atoms with Crippen molar-refractivity contribution in [3.8, 4) is 17.0 Å². The number of aromatic hydroxyl groups is 1. The molecule has 184 valence electrons. The van der Waals surface area contributed by atoms with E-state index < -0.39 is 6.04 Å². The second-order valence-electron chi connectivity index (χ2n) is 10.3. The lowest BCUT2D eigenvalue weighted by atomic mass is 9.85. The highest BCUT2D eigenvalue weighted by Gasteiger charge is 2.42. The van der Waals surface area contributed by atoms with E-state index in [2.05, 4.69) is 43.1 Å². The molecule has 0 aliphatic carbocycles. The topological polar surface area (TPSA) is 69.2 Å². The van der Waals surface area contributed by atoms with Gasteiger partial charge < -0.3 is 10.0 Å². The van der Waals surface area contributed by atoms with Gasteiger partial charge in [0, 0.05) is 22.7 Å². The molecule has 2 heterocycles. The number of nitrogens with one attached hydrogen (secondary N) is 1. The molecule has 0 spiro atoms. The Morgan fingerprint density at radius 2 is 1.75 bits per heavy atom. The van der Waals surface area contributed by atoms with Crippen LogP contribution in [0.25, 0.3) is 11.3 Å². The van der Waals surface area contributed by atoms with Crippen molar-refractivity contribution in [2.45, 2.75) is 45.7 Å². The van der Waals surface area contributed by atoms with Crippen molar-refractivity contribution in [3.05, 3.63) is 105 Å². The zero-order valence-corrected chi connectivity index (χ0v) is 21.3. The van der Waals surface area contributed by atoms with E-state index >= 15 is 0 Å². The number of carbonyl (C=O) groups is 1. The number of phenolic OH excluding ortho intramolecular Hbond substituents is 1. The van der Waals surface area contributed by atoms with Crippen molar-refractivity contribution in [2.24, 2.45) is 0 Å². The molecule has 1 unspecified atom stereocenters. The van der Waals surface area contributed by atoms with E-state index in [-0.39, 0.29) is 29.4 Å². The van der Waals surface area contributed by atoms with E-state index in [1.165, 1.54) is 17.7 Å². The molecule has 1 amide bonds. The Hall–Kier alpha value is -3.64. The lowest BCUT2D eigenvalue weighted by Crippen LogP contribution is -2.29. The van der Waals surface area contributed by atoms with E-state index in [0.29, 0.717) is 27.5 Å². The number of rotatable bonds is 4. The molecule has 2 N–H and O–H groups in total. The number of aromatic nitrogens is 2. The number of nitrogens with zero attached hydrogens (tertiary/aromatic N) is 2. The van der Waals surface area contributed by atoms with Crippen LogP contribution in [0.15, 0.2) is 60.7 Å². The number of fused-ring (bicyclic) bond motifs is 1. The molecule has 1 atom stereocenters. The Morgan fingerprint density at radius 3 is 2.39 bits per heavy atom. The molecule has 4 aromatic rings. The molecule has 3 aromatic carbocycles. The molecule has 7 heteroatoms. The van der Waals surface area contributed by atoms with Gasteiger partial charge in [-0.2, -0.15) is 5.10 Å². The summed E-state index contributed by atoms with van der Waals surface area (Å²) in [4.78, 5) is 15.4. The lowest BCUT2D eigenvalue weighted by Gasteiger charge is -2.27. The van der Waals surface area contributed by atoms with Crippen LogP contribution in [-0.2, 0) is 12.0 Å². The normalized spacial score (nSPS) is 15.4. The first-order chi connectivity index (χ1) is 17.0. The molecule has 0 saturated heterocycles. The van der Waals surface area contributed by atoms with Gasteiger partial charge in [0.2, 0.25) is 0 Å². The standard InChI is InChI=1S/C29H27ClFN3O2/c1-16-13-23(35)21(14-22(16)30)25-24-26(33-32-25)28(36)34(15-17-5-11-20(31)12-6-17)27(24)18-7-9-19(10-8-18)29(2,3)4/h5-14,27,35H,15H2,1-4H3,(H,32,33). The van der Waals surface area contributed by atoms with Crippen LogP contribution in [-0.4, -0.2) is 26.1 Å². The average molecular weight is 504 g/mol. The molecular weight excluding hydrogens is 477 g/mol. The van der Waals surface area contributed by atoms with Crippen molar-refractivity contribution < 1.29 is 14.3 Å². The van der Waals surface area contributed by atoms with Crippen LogP contribution in [0.4, 0.5) is 4.39 Å². The van der Waals surface area contributed by atoms with Crippen molar-refractivity contribution in [3.63, 3.8) is 0 Å². The molecule has 5 rings (SSSR count). The first-order valence-corrected chi connectivity index (χ1v) is 12.2. The first kappa shape index (κ1) is 24.1. The number of aryl methyl sites for hydroxylation is 1. The van der Waals surface area contributed by atoms with Gasteiger partial charge in [-0.1, -0.05) is 68.8 Å². The van der Waals surface area contributed by atoms with Gasteiger partial charge in [-0.15, -0.1) is 0 Å². The predicted molar refractivity (Wildman–Crippen MR) is 139 cm³/mol. The minimum Gasteiger partial charge on any atom is -0.507 e. The van der Waals surface area contributed by atoms with Crippen LogP contribution in [0, 0.1) is 12.7 Å². The number of aromatic amines is 1. The van der Waals surface area contributed by atoms with Gasteiger partial charge in [-0.05, 0) is 58.9 Å². The molecular formula is C29H27ClFN3O2. The minimum atomic E-state index is -0.459. The fourth-order valence-corrected chi connectivity index (χ4v) is 4.88. The summed E-state index contributed by atoms with van der Waals surface area (Å²) in [5, 5.41) is 18.6.